The van der Waals surface area contributed by atoms with Crippen LogP contribution in [0.4, 0.5) is 0 Å². The zero-order chi connectivity index (χ0) is 9.90. The van der Waals surface area contributed by atoms with Crippen LogP contribution in [0.5, 0.6) is 0 Å². The van der Waals surface area contributed by atoms with Crippen LogP contribution in [0.1, 0.15) is 0 Å². The van der Waals surface area contributed by atoms with Crippen LogP contribution in [0.15, 0.2) is 0 Å². The highest BCUT2D eigenvalue weighted by molar-refractivity contribution is 7.89. The maximum Gasteiger partial charge on any atom is 0.216 e. The third kappa shape index (κ3) is 3.01. The predicted octanol–water partition coefficient (Wildman–Crippen LogP) is -1.63. The first-order chi connectivity index (χ1) is 6.06. The molecule has 1 heterocycles. The minimum absolute atomic E-state index is 0.236. The molecule has 0 aromatic carbocycles. The Hall–Kier alpha value is 0.0200. The number of aliphatic hydroxyl groups excluding tert-OH is 1. The highest BCUT2D eigenvalue weighted by Crippen LogP contribution is 2.06. The molecule has 0 aromatic heterocycles. The molecule has 5 nitrogen and oxygen atoms in total. The lowest BCUT2D eigenvalue weighted by atomic mass is 10.6. The van der Waals surface area contributed by atoms with Crippen LogP contribution in [-0.2, 0) is 20.8 Å². The maximum atomic E-state index is 11.4. The quantitative estimate of drug-likeness (QED) is 0.628. The minimum Gasteiger partial charge on any atom is -0.395 e. The summed E-state index contributed by atoms with van der Waals surface area (Å²) in [6, 6.07) is 0. The van der Waals surface area contributed by atoms with Gasteiger partial charge in [0.05, 0.1) is 12.4 Å². The maximum absolute atomic E-state index is 11.4. The fourth-order valence-electron chi connectivity index (χ4n) is 1.14. The Bertz CT molecular complexity index is 277. The van der Waals surface area contributed by atoms with Crippen molar-refractivity contribution in [2.45, 2.75) is 0 Å². The normalized spacial score (nSPS) is 21.9. The number of nitrogens with zero attached hydrogens (tertiary/aromatic N) is 1. The second-order valence-corrected chi connectivity index (χ2v) is 6.57. The van der Waals surface area contributed by atoms with Gasteiger partial charge in [0.25, 0.3) is 0 Å². The molecule has 78 valence electrons. The summed E-state index contributed by atoms with van der Waals surface area (Å²) in [5.74, 6) is 0.578. The van der Waals surface area contributed by atoms with Crippen molar-refractivity contribution in [2.24, 2.45) is 0 Å². The SMILES string of the molecule is O=S1CCN(S(=O)(=O)CCO)CC1. The van der Waals surface area contributed by atoms with Crippen LogP contribution < -0.4 is 0 Å². The van der Waals surface area contributed by atoms with Crippen molar-refractivity contribution in [2.75, 3.05) is 37.0 Å². The topological polar surface area (TPSA) is 74.7 Å². The van der Waals surface area contributed by atoms with Crippen molar-refractivity contribution in [1.82, 2.24) is 4.31 Å². The molecule has 0 atom stereocenters. The van der Waals surface area contributed by atoms with E-state index in [0.717, 1.165) is 0 Å². The zero-order valence-corrected chi connectivity index (χ0v) is 8.81. The molecule has 1 N–H and O–H groups in total. The highest BCUT2D eigenvalue weighted by atomic mass is 32.2. The third-order valence-electron chi connectivity index (χ3n) is 1.88. The second kappa shape index (κ2) is 4.50. The zero-order valence-electron chi connectivity index (χ0n) is 7.18. The van der Waals surface area contributed by atoms with Gasteiger partial charge in [-0.05, 0) is 0 Å². The molecule has 0 unspecified atom stereocenters. The number of rotatable bonds is 3. The van der Waals surface area contributed by atoms with Crippen molar-refractivity contribution in [3.8, 4) is 0 Å². The first-order valence-corrected chi connectivity index (χ1v) is 7.09. The van der Waals surface area contributed by atoms with Gasteiger partial charge >= 0.3 is 0 Å². The first-order valence-electron chi connectivity index (χ1n) is 4.00. The van der Waals surface area contributed by atoms with Crippen LogP contribution >= 0.6 is 0 Å². The van der Waals surface area contributed by atoms with Gasteiger partial charge < -0.3 is 5.11 Å². The molecule has 0 aliphatic carbocycles. The van der Waals surface area contributed by atoms with Crippen molar-refractivity contribution >= 4 is 20.8 Å². The Morgan fingerprint density at radius 1 is 1.31 bits per heavy atom. The number of aliphatic hydroxyl groups is 1. The Kier molecular flexibility index (Phi) is 3.84. The largest absolute Gasteiger partial charge is 0.395 e. The van der Waals surface area contributed by atoms with Crippen molar-refractivity contribution in [3.63, 3.8) is 0 Å². The molecule has 1 aliphatic heterocycles. The molecule has 7 heteroatoms. The Morgan fingerprint density at radius 3 is 2.31 bits per heavy atom. The number of hydrogen-bond acceptors (Lipinski definition) is 4. The average molecular weight is 227 g/mol. The van der Waals surface area contributed by atoms with Gasteiger partial charge in [-0.2, -0.15) is 0 Å². The van der Waals surface area contributed by atoms with Gasteiger partial charge in [-0.1, -0.05) is 0 Å². The Morgan fingerprint density at radius 2 is 1.85 bits per heavy atom. The monoisotopic (exact) mass is 227 g/mol. The van der Waals surface area contributed by atoms with Gasteiger partial charge in [0, 0.05) is 35.4 Å². The minimum atomic E-state index is -3.31. The van der Waals surface area contributed by atoms with Crippen molar-refractivity contribution < 1.29 is 17.7 Å². The van der Waals surface area contributed by atoms with E-state index in [1.165, 1.54) is 4.31 Å². The predicted molar refractivity (Wildman–Crippen MR) is 50.3 cm³/mol. The first kappa shape index (κ1) is 11.1. The lowest BCUT2D eigenvalue weighted by Gasteiger charge is -2.25. The van der Waals surface area contributed by atoms with E-state index in [4.69, 9.17) is 5.11 Å². The van der Waals surface area contributed by atoms with Gasteiger partial charge in [-0.15, -0.1) is 0 Å². The fraction of sp³-hybridized carbons (Fsp3) is 1.00. The molecule has 13 heavy (non-hydrogen) atoms. The number of hydrogen-bond donors (Lipinski definition) is 1. The summed E-state index contributed by atoms with van der Waals surface area (Å²) in [5, 5.41) is 8.52. The van der Waals surface area contributed by atoms with E-state index in [9.17, 15) is 12.6 Å². The molecule has 0 aromatic rings. The van der Waals surface area contributed by atoms with Gasteiger partial charge in [-0.25, -0.2) is 12.7 Å². The standard InChI is InChI=1S/C6H13NO4S2/c8-3-6-13(10,11)7-1-4-12(9)5-2-7/h8H,1-6H2. The van der Waals surface area contributed by atoms with Crippen LogP contribution in [0.25, 0.3) is 0 Å². The molecular weight excluding hydrogens is 214 g/mol. The third-order valence-corrected chi connectivity index (χ3v) is 5.01. The lowest BCUT2D eigenvalue weighted by Crippen LogP contribution is -2.43. The number of sulfonamides is 1. The molecule has 0 bridgehead atoms. The van der Waals surface area contributed by atoms with Gasteiger partial charge in [0.2, 0.25) is 10.0 Å². The Balaban J connectivity index is 2.58. The van der Waals surface area contributed by atoms with Crippen LogP contribution in [0.2, 0.25) is 0 Å². The van der Waals surface area contributed by atoms with Gasteiger partial charge in [0.15, 0.2) is 0 Å². The van der Waals surface area contributed by atoms with Crippen molar-refractivity contribution in [1.29, 1.82) is 0 Å². The molecule has 1 saturated heterocycles. The van der Waals surface area contributed by atoms with Crippen LogP contribution in [-0.4, -0.2) is 59.0 Å². The summed E-state index contributed by atoms with van der Waals surface area (Å²) < 4.78 is 34.9. The summed E-state index contributed by atoms with van der Waals surface area (Å²) >= 11 is 0. The molecule has 0 spiro atoms. The molecule has 1 rings (SSSR count). The van der Waals surface area contributed by atoms with Gasteiger partial charge in [0.1, 0.15) is 0 Å². The molecule has 0 radical (unpaired) electrons. The van der Waals surface area contributed by atoms with E-state index in [1.54, 1.807) is 0 Å². The molecular formula is C6H13NO4S2. The summed E-state index contributed by atoms with van der Waals surface area (Å²) in [5.41, 5.74) is 0. The summed E-state index contributed by atoms with van der Waals surface area (Å²) in [6.07, 6.45) is 0. The summed E-state index contributed by atoms with van der Waals surface area (Å²) in [6.45, 7) is 0.270. The molecule has 0 saturated carbocycles. The van der Waals surface area contributed by atoms with E-state index < -0.39 is 20.8 Å². The van der Waals surface area contributed by atoms with Gasteiger partial charge in [-0.3, -0.25) is 4.21 Å². The second-order valence-electron chi connectivity index (χ2n) is 2.79. The van der Waals surface area contributed by atoms with Crippen LogP contribution in [0.3, 0.4) is 0 Å². The molecule has 1 fully saturated rings. The highest BCUT2D eigenvalue weighted by Gasteiger charge is 2.25. The summed E-state index contributed by atoms with van der Waals surface area (Å²) in [7, 11) is -4.18. The van der Waals surface area contributed by atoms with E-state index in [0.29, 0.717) is 24.6 Å². The lowest BCUT2D eigenvalue weighted by molar-refractivity contribution is 0.315. The smallest absolute Gasteiger partial charge is 0.216 e. The van der Waals surface area contributed by atoms with Crippen molar-refractivity contribution in [3.05, 3.63) is 0 Å². The molecule has 0 amide bonds. The van der Waals surface area contributed by atoms with E-state index in [2.05, 4.69) is 0 Å². The summed E-state index contributed by atoms with van der Waals surface area (Å²) in [4.78, 5) is 0. The molecule has 1 aliphatic rings. The Labute approximate surface area is 80.2 Å². The fourth-order valence-corrected chi connectivity index (χ4v) is 3.65. The van der Waals surface area contributed by atoms with E-state index in [1.807, 2.05) is 0 Å². The van der Waals surface area contributed by atoms with E-state index in [-0.39, 0.29) is 12.4 Å². The average Bonchev–Trinajstić information content (AvgIpc) is 2.05. The van der Waals surface area contributed by atoms with Crippen LogP contribution in [0, 0.1) is 0 Å². The van der Waals surface area contributed by atoms with E-state index >= 15 is 0 Å².